The van der Waals surface area contributed by atoms with Crippen molar-refractivity contribution in [3.05, 3.63) is 28.8 Å². The van der Waals surface area contributed by atoms with Crippen LogP contribution in [0.4, 0.5) is 5.69 Å². The predicted octanol–water partition coefficient (Wildman–Crippen LogP) is 2.64. The summed E-state index contributed by atoms with van der Waals surface area (Å²) in [5, 5.41) is 12.5. The van der Waals surface area contributed by atoms with Crippen molar-refractivity contribution in [1.82, 2.24) is 4.90 Å². The predicted molar refractivity (Wildman–Crippen MR) is 73.1 cm³/mol. The SMILES string of the molecule is CCCN1CNc2c(ccc(C)c2C#N)C1=S. The zero-order valence-electron chi connectivity index (χ0n) is 10.1. The minimum absolute atomic E-state index is 0.692. The van der Waals surface area contributed by atoms with E-state index in [-0.39, 0.29) is 0 Å². The van der Waals surface area contributed by atoms with E-state index in [1.54, 1.807) is 0 Å². The van der Waals surface area contributed by atoms with Crippen LogP contribution in [0.3, 0.4) is 0 Å². The third-order valence-corrected chi connectivity index (χ3v) is 3.46. The van der Waals surface area contributed by atoms with Gasteiger partial charge in [-0.15, -0.1) is 0 Å². The number of aryl methyl sites for hydroxylation is 1. The van der Waals surface area contributed by atoms with Crippen molar-refractivity contribution in [2.24, 2.45) is 0 Å². The van der Waals surface area contributed by atoms with E-state index in [9.17, 15) is 5.26 Å². The minimum Gasteiger partial charge on any atom is -0.366 e. The number of nitrogens with zero attached hydrogens (tertiary/aromatic N) is 2. The van der Waals surface area contributed by atoms with E-state index in [1.165, 1.54) is 0 Å². The molecule has 1 aromatic carbocycles. The van der Waals surface area contributed by atoms with E-state index in [0.717, 1.165) is 34.8 Å². The second-order valence-electron chi connectivity index (χ2n) is 4.20. The van der Waals surface area contributed by atoms with E-state index >= 15 is 0 Å². The van der Waals surface area contributed by atoms with Crippen LogP contribution in [0.5, 0.6) is 0 Å². The van der Waals surface area contributed by atoms with Gasteiger partial charge in [0.1, 0.15) is 11.1 Å². The van der Waals surface area contributed by atoms with Crippen molar-refractivity contribution in [1.29, 1.82) is 5.26 Å². The highest BCUT2D eigenvalue weighted by Crippen LogP contribution is 2.28. The molecule has 3 nitrogen and oxygen atoms in total. The maximum Gasteiger partial charge on any atom is 0.112 e. The number of hydrogen-bond acceptors (Lipinski definition) is 3. The molecule has 1 heterocycles. The quantitative estimate of drug-likeness (QED) is 0.813. The van der Waals surface area contributed by atoms with Crippen molar-refractivity contribution >= 4 is 22.9 Å². The number of benzene rings is 1. The highest BCUT2D eigenvalue weighted by Gasteiger charge is 2.22. The van der Waals surface area contributed by atoms with E-state index < -0.39 is 0 Å². The van der Waals surface area contributed by atoms with Crippen molar-refractivity contribution in [3.63, 3.8) is 0 Å². The molecule has 0 bridgehead atoms. The van der Waals surface area contributed by atoms with Crippen molar-refractivity contribution < 1.29 is 0 Å². The van der Waals surface area contributed by atoms with Crippen molar-refractivity contribution in [2.75, 3.05) is 18.5 Å². The van der Waals surface area contributed by atoms with Gasteiger partial charge in [-0.25, -0.2) is 0 Å². The summed E-state index contributed by atoms with van der Waals surface area (Å²) >= 11 is 5.47. The number of anilines is 1. The average molecular weight is 245 g/mol. The number of fused-ring (bicyclic) bond motifs is 1. The number of thiocarbonyl (C=S) groups is 1. The molecule has 0 fully saturated rings. The first kappa shape index (κ1) is 11.9. The Morgan fingerprint density at radius 2 is 2.29 bits per heavy atom. The summed E-state index contributed by atoms with van der Waals surface area (Å²) < 4.78 is 0. The van der Waals surface area contributed by atoms with Crippen LogP contribution < -0.4 is 5.32 Å². The molecular weight excluding hydrogens is 230 g/mol. The Morgan fingerprint density at radius 1 is 1.53 bits per heavy atom. The molecule has 1 aliphatic rings. The monoisotopic (exact) mass is 245 g/mol. The molecule has 1 aromatic rings. The van der Waals surface area contributed by atoms with Crippen LogP contribution in [0, 0.1) is 18.3 Å². The smallest absolute Gasteiger partial charge is 0.112 e. The fourth-order valence-corrected chi connectivity index (χ4v) is 2.41. The maximum absolute atomic E-state index is 9.18. The average Bonchev–Trinajstić information content (AvgIpc) is 2.33. The van der Waals surface area contributed by atoms with E-state index in [0.29, 0.717) is 12.2 Å². The highest BCUT2D eigenvalue weighted by molar-refractivity contribution is 7.80. The molecule has 17 heavy (non-hydrogen) atoms. The molecule has 0 saturated heterocycles. The highest BCUT2D eigenvalue weighted by atomic mass is 32.1. The standard InChI is InChI=1S/C13H15N3S/c1-3-6-16-8-15-12-10(13(16)17)5-4-9(2)11(12)7-14/h4-5,15H,3,6,8H2,1-2H3. The van der Waals surface area contributed by atoms with Gasteiger partial charge in [0.25, 0.3) is 0 Å². The van der Waals surface area contributed by atoms with Crippen LogP contribution in [0.1, 0.15) is 30.0 Å². The Morgan fingerprint density at radius 3 is 2.94 bits per heavy atom. The van der Waals surface area contributed by atoms with Crippen LogP contribution >= 0.6 is 12.2 Å². The largest absolute Gasteiger partial charge is 0.366 e. The fraction of sp³-hybridized carbons (Fsp3) is 0.385. The molecule has 2 rings (SSSR count). The molecule has 0 aliphatic carbocycles. The van der Waals surface area contributed by atoms with E-state index in [1.807, 2.05) is 19.1 Å². The topological polar surface area (TPSA) is 39.1 Å². The van der Waals surface area contributed by atoms with Gasteiger partial charge in [0.05, 0.1) is 17.9 Å². The second kappa shape index (κ2) is 4.72. The van der Waals surface area contributed by atoms with Crippen LogP contribution in [0.25, 0.3) is 0 Å². The molecule has 0 spiro atoms. The fourth-order valence-electron chi connectivity index (χ4n) is 2.08. The molecule has 1 N–H and O–H groups in total. The molecule has 88 valence electrons. The van der Waals surface area contributed by atoms with Crippen molar-refractivity contribution in [2.45, 2.75) is 20.3 Å². The third-order valence-electron chi connectivity index (χ3n) is 2.98. The normalized spacial score (nSPS) is 13.9. The molecule has 0 aromatic heterocycles. The lowest BCUT2D eigenvalue weighted by Crippen LogP contribution is -2.40. The van der Waals surface area contributed by atoms with Gasteiger partial charge in [0, 0.05) is 12.1 Å². The molecule has 0 radical (unpaired) electrons. The van der Waals surface area contributed by atoms with Crippen LogP contribution in [0.2, 0.25) is 0 Å². The zero-order valence-corrected chi connectivity index (χ0v) is 10.9. The summed E-state index contributed by atoms with van der Waals surface area (Å²) in [5.74, 6) is 0. The van der Waals surface area contributed by atoms with E-state index in [4.69, 9.17) is 12.2 Å². The Hall–Kier alpha value is -1.60. The van der Waals surface area contributed by atoms with Crippen LogP contribution in [0.15, 0.2) is 12.1 Å². The van der Waals surface area contributed by atoms with Gasteiger partial charge >= 0.3 is 0 Å². The molecular formula is C13H15N3S. The Kier molecular flexibility index (Phi) is 3.30. The summed E-state index contributed by atoms with van der Waals surface area (Å²) in [5.41, 5.74) is 3.57. The Balaban J connectivity index is 2.46. The molecule has 0 unspecified atom stereocenters. The summed E-state index contributed by atoms with van der Waals surface area (Å²) in [6.07, 6.45) is 1.06. The molecule has 4 heteroatoms. The summed E-state index contributed by atoms with van der Waals surface area (Å²) in [6.45, 7) is 5.72. The number of nitrogens with one attached hydrogen (secondary N) is 1. The maximum atomic E-state index is 9.18. The summed E-state index contributed by atoms with van der Waals surface area (Å²) in [4.78, 5) is 2.98. The third kappa shape index (κ3) is 1.98. The summed E-state index contributed by atoms with van der Waals surface area (Å²) in [6, 6.07) is 6.21. The summed E-state index contributed by atoms with van der Waals surface area (Å²) in [7, 11) is 0. The van der Waals surface area contributed by atoms with Gasteiger partial charge in [-0.3, -0.25) is 0 Å². The van der Waals surface area contributed by atoms with Crippen molar-refractivity contribution in [3.8, 4) is 6.07 Å². The second-order valence-corrected chi connectivity index (χ2v) is 4.58. The van der Waals surface area contributed by atoms with E-state index in [2.05, 4.69) is 23.2 Å². The first-order valence-corrected chi connectivity index (χ1v) is 6.16. The lowest BCUT2D eigenvalue weighted by molar-refractivity contribution is 0.448. The lowest BCUT2D eigenvalue weighted by Gasteiger charge is -2.32. The van der Waals surface area contributed by atoms with Gasteiger partial charge in [-0.1, -0.05) is 25.2 Å². The van der Waals surface area contributed by atoms with Gasteiger partial charge in [0.15, 0.2) is 0 Å². The first-order chi connectivity index (χ1) is 8.19. The minimum atomic E-state index is 0.692. The van der Waals surface area contributed by atoms with Crippen LogP contribution in [-0.4, -0.2) is 23.1 Å². The Labute approximate surface area is 107 Å². The molecule has 0 atom stereocenters. The molecule has 0 amide bonds. The first-order valence-electron chi connectivity index (χ1n) is 5.76. The zero-order chi connectivity index (χ0) is 12.4. The van der Waals surface area contributed by atoms with Gasteiger partial charge in [-0.05, 0) is 25.0 Å². The van der Waals surface area contributed by atoms with Gasteiger partial charge in [-0.2, -0.15) is 5.26 Å². The lowest BCUT2D eigenvalue weighted by atomic mass is 10.0. The van der Waals surface area contributed by atoms with Crippen LogP contribution in [-0.2, 0) is 0 Å². The van der Waals surface area contributed by atoms with Gasteiger partial charge < -0.3 is 10.2 Å². The number of hydrogen-bond donors (Lipinski definition) is 1. The number of nitriles is 1. The van der Waals surface area contributed by atoms with Gasteiger partial charge in [0.2, 0.25) is 0 Å². The molecule has 1 aliphatic heterocycles. The Bertz CT molecular complexity index is 502. The number of rotatable bonds is 2. The molecule has 0 saturated carbocycles.